The topological polar surface area (TPSA) is 77.8 Å². The summed E-state index contributed by atoms with van der Waals surface area (Å²) in [6.45, 7) is 7.21. The highest BCUT2D eigenvalue weighted by Gasteiger charge is 2.61. The second-order valence-electron chi connectivity index (χ2n) is 6.73. The average molecular weight is 246 g/mol. The van der Waals surface area contributed by atoms with Crippen LogP contribution in [0.1, 0.15) is 51.5 Å². The molecule has 0 aromatic carbocycles. The standard InChI is InChI=1S/C14H22N4/c1-13(2)8-4-5-14(13,3)10(6-8)9-7-17-12(16)18-11(9)15/h7-8,10H,4-6H2,1-3H3,(H4,15,16,17,18)/t8-,10?,14-/m1/s1. The van der Waals surface area contributed by atoms with E-state index in [0.29, 0.717) is 22.6 Å². The molecule has 0 spiro atoms. The van der Waals surface area contributed by atoms with E-state index in [1.54, 1.807) is 0 Å². The van der Waals surface area contributed by atoms with Crippen LogP contribution < -0.4 is 11.5 Å². The Labute approximate surface area is 108 Å². The lowest BCUT2D eigenvalue weighted by atomic mass is 9.65. The van der Waals surface area contributed by atoms with Gasteiger partial charge in [0.05, 0.1) is 0 Å². The van der Waals surface area contributed by atoms with Gasteiger partial charge >= 0.3 is 0 Å². The van der Waals surface area contributed by atoms with Crippen molar-refractivity contribution in [1.82, 2.24) is 9.97 Å². The van der Waals surface area contributed by atoms with Crippen LogP contribution in [0.3, 0.4) is 0 Å². The van der Waals surface area contributed by atoms with Gasteiger partial charge < -0.3 is 11.5 Å². The zero-order chi connectivity index (χ0) is 13.1. The van der Waals surface area contributed by atoms with Crippen LogP contribution in [0.4, 0.5) is 11.8 Å². The Morgan fingerprint density at radius 3 is 2.50 bits per heavy atom. The fourth-order valence-corrected chi connectivity index (χ4v) is 4.36. The molecule has 0 saturated heterocycles. The van der Waals surface area contributed by atoms with E-state index < -0.39 is 0 Å². The fraction of sp³-hybridized carbons (Fsp3) is 0.714. The molecule has 3 atom stereocenters. The van der Waals surface area contributed by atoms with E-state index in [1.807, 2.05) is 6.20 Å². The predicted molar refractivity (Wildman–Crippen MR) is 72.8 cm³/mol. The molecule has 2 aliphatic carbocycles. The summed E-state index contributed by atoms with van der Waals surface area (Å²) in [4.78, 5) is 8.26. The zero-order valence-electron chi connectivity index (χ0n) is 11.4. The van der Waals surface area contributed by atoms with Crippen molar-refractivity contribution in [1.29, 1.82) is 0 Å². The quantitative estimate of drug-likeness (QED) is 0.798. The monoisotopic (exact) mass is 246 g/mol. The molecular formula is C14H22N4. The van der Waals surface area contributed by atoms with Gasteiger partial charge in [0.2, 0.25) is 5.95 Å². The van der Waals surface area contributed by atoms with Crippen LogP contribution in [0.15, 0.2) is 6.20 Å². The van der Waals surface area contributed by atoms with Crippen LogP contribution in [0, 0.1) is 16.7 Å². The largest absolute Gasteiger partial charge is 0.383 e. The molecule has 0 aliphatic heterocycles. The number of nitrogens with two attached hydrogens (primary N) is 2. The van der Waals surface area contributed by atoms with Crippen molar-refractivity contribution >= 4 is 11.8 Å². The first-order chi connectivity index (χ1) is 8.36. The van der Waals surface area contributed by atoms with E-state index >= 15 is 0 Å². The molecular weight excluding hydrogens is 224 g/mol. The maximum atomic E-state index is 6.05. The number of nitrogens with zero attached hydrogens (tertiary/aromatic N) is 2. The van der Waals surface area contributed by atoms with E-state index in [2.05, 4.69) is 30.7 Å². The van der Waals surface area contributed by atoms with Crippen LogP contribution in [0.25, 0.3) is 0 Å². The third-order valence-electron chi connectivity index (χ3n) is 6.04. The smallest absolute Gasteiger partial charge is 0.221 e. The molecule has 1 aromatic rings. The van der Waals surface area contributed by atoms with Gasteiger partial charge in [-0.3, -0.25) is 0 Å². The van der Waals surface area contributed by atoms with Gasteiger partial charge in [-0.2, -0.15) is 4.98 Å². The van der Waals surface area contributed by atoms with Gasteiger partial charge in [0.25, 0.3) is 0 Å². The van der Waals surface area contributed by atoms with Crippen LogP contribution >= 0.6 is 0 Å². The van der Waals surface area contributed by atoms with Gasteiger partial charge in [0.15, 0.2) is 0 Å². The van der Waals surface area contributed by atoms with Crippen LogP contribution in [0.2, 0.25) is 0 Å². The maximum Gasteiger partial charge on any atom is 0.221 e. The summed E-state index contributed by atoms with van der Waals surface area (Å²) in [5.41, 5.74) is 13.4. The van der Waals surface area contributed by atoms with Crippen molar-refractivity contribution in [3.63, 3.8) is 0 Å². The van der Waals surface area contributed by atoms with Gasteiger partial charge in [0, 0.05) is 11.8 Å². The van der Waals surface area contributed by atoms with Crippen molar-refractivity contribution in [2.24, 2.45) is 16.7 Å². The fourth-order valence-electron chi connectivity index (χ4n) is 4.36. The number of hydrogen-bond donors (Lipinski definition) is 2. The molecule has 2 fully saturated rings. The summed E-state index contributed by atoms with van der Waals surface area (Å²) in [6, 6.07) is 0. The molecule has 2 saturated carbocycles. The molecule has 4 heteroatoms. The van der Waals surface area contributed by atoms with Gasteiger partial charge in [0.1, 0.15) is 5.82 Å². The Morgan fingerprint density at radius 1 is 1.28 bits per heavy atom. The number of rotatable bonds is 1. The van der Waals surface area contributed by atoms with E-state index in [0.717, 1.165) is 11.5 Å². The first-order valence-electron chi connectivity index (χ1n) is 6.74. The van der Waals surface area contributed by atoms with E-state index in [9.17, 15) is 0 Å². The minimum Gasteiger partial charge on any atom is -0.383 e. The van der Waals surface area contributed by atoms with Gasteiger partial charge in [-0.1, -0.05) is 20.8 Å². The maximum absolute atomic E-state index is 6.05. The minimum atomic E-state index is 0.267. The lowest BCUT2D eigenvalue weighted by Crippen LogP contribution is -2.31. The van der Waals surface area contributed by atoms with Crippen LogP contribution in [-0.2, 0) is 0 Å². The Bertz CT molecular complexity index is 497. The van der Waals surface area contributed by atoms with Crippen LogP contribution in [0.5, 0.6) is 0 Å². The highest BCUT2D eigenvalue weighted by Crippen LogP contribution is 2.71. The molecule has 98 valence electrons. The van der Waals surface area contributed by atoms with Crippen LogP contribution in [-0.4, -0.2) is 9.97 Å². The van der Waals surface area contributed by atoms with Gasteiger partial charge in [-0.15, -0.1) is 0 Å². The van der Waals surface area contributed by atoms with Crippen molar-refractivity contribution in [3.05, 3.63) is 11.8 Å². The van der Waals surface area contributed by atoms with Crippen molar-refractivity contribution in [3.8, 4) is 0 Å². The molecule has 4 N–H and O–H groups in total. The number of nitrogen functional groups attached to an aromatic ring is 2. The minimum absolute atomic E-state index is 0.267. The second-order valence-corrected chi connectivity index (χ2v) is 6.73. The van der Waals surface area contributed by atoms with E-state index in [1.165, 1.54) is 19.3 Å². The highest BCUT2D eigenvalue weighted by molar-refractivity contribution is 5.46. The third-order valence-corrected chi connectivity index (χ3v) is 6.04. The summed E-state index contributed by atoms with van der Waals surface area (Å²) in [7, 11) is 0. The van der Waals surface area contributed by atoms with Gasteiger partial charge in [-0.25, -0.2) is 4.98 Å². The Morgan fingerprint density at radius 2 is 2.00 bits per heavy atom. The Hall–Kier alpha value is -1.32. The first kappa shape index (κ1) is 11.8. The molecule has 1 unspecified atom stereocenters. The Balaban J connectivity index is 2.05. The average Bonchev–Trinajstić information content (AvgIpc) is 2.61. The summed E-state index contributed by atoms with van der Waals surface area (Å²) >= 11 is 0. The zero-order valence-corrected chi connectivity index (χ0v) is 11.4. The van der Waals surface area contributed by atoms with Crippen molar-refractivity contribution in [2.45, 2.75) is 46.0 Å². The molecule has 3 rings (SSSR count). The SMILES string of the molecule is CC1(C)[C@@H]2CC[C@]1(C)C(c1cnc(N)nc1N)C2. The van der Waals surface area contributed by atoms with Crippen molar-refractivity contribution < 1.29 is 0 Å². The molecule has 2 aliphatic rings. The van der Waals surface area contributed by atoms with Gasteiger partial charge in [-0.05, 0) is 41.9 Å². The molecule has 4 nitrogen and oxygen atoms in total. The third kappa shape index (κ3) is 1.26. The lowest BCUT2D eigenvalue weighted by molar-refractivity contribution is 0.134. The molecule has 1 heterocycles. The lowest BCUT2D eigenvalue weighted by Gasteiger charge is -2.39. The van der Waals surface area contributed by atoms with E-state index in [-0.39, 0.29) is 5.95 Å². The molecule has 18 heavy (non-hydrogen) atoms. The second kappa shape index (κ2) is 3.37. The summed E-state index contributed by atoms with van der Waals surface area (Å²) in [5, 5.41) is 0. The summed E-state index contributed by atoms with van der Waals surface area (Å²) in [5.74, 6) is 2.11. The molecule has 0 amide bonds. The normalized spacial score (nSPS) is 37.1. The molecule has 2 bridgehead atoms. The Kier molecular flexibility index (Phi) is 2.20. The number of hydrogen-bond acceptors (Lipinski definition) is 4. The molecule has 1 aromatic heterocycles. The molecule has 0 radical (unpaired) electrons. The first-order valence-corrected chi connectivity index (χ1v) is 6.74. The van der Waals surface area contributed by atoms with E-state index in [4.69, 9.17) is 11.5 Å². The number of aromatic nitrogens is 2. The number of anilines is 2. The highest BCUT2D eigenvalue weighted by atomic mass is 15.0. The van der Waals surface area contributed by atoms with Crippen molar-refractivity contribution in [2.75, 3.05) is 11.5 Å². The predicted octanol–water partition coefficient (Wildman–Crippen LogP) is 2.57. The summed E-state index contributed by atoms with van der Waals surface area (Å²) in [6.07, 6.45) is 5.67. The summed E-state index contributed by atoms with van der Waals surface area (Å²) < 4.78 is 0. The number of fused-ring (bicyclic) bond motifs is 2.